The molecule has 134 valence electrons. The quantitative estimate of drug-likeness (QED) is 0.831. The molecule has 4 heteroatoms. The molecule has 2 aromatic rings. The largest absolute Gasteiger partial charge is 0.497 e. The van der Waals surface area contributed by atoms with Crippen LogP contribution >= 0.6 is 0 Å². The minimum absolute atomic E-state index is 0.0163. The van der Waals surface area contributed by atoms with E-state index >= 15 is 0 Å². The van der Waals surface area contributed by atoms with Gasteiger partial charge in [-0.15, -0.1) is 0 Å². The van der Waals surface area contributed by atoms with Crippen LogP contribution in [0, 0.1) is 12.8 Å². The van der Waals surface area contributed by atoms with Crippen molar-refractivity contribution in [2.24, 2.45) is 11.0 Å². The highest BCUT2D eigenvalue weighted by Crippen LogP contribution is 2.44. The number of carbonyl (C=O) groups excluding carboxylic acids is 1. The third-order valence-electron chi connectivity index (χ3n) is 5.51. The maximum absolute atomic E-state index is 12.6. The molecule has 0 saturated heterocycles. The van der Waals surface area contributed by atoms with E-state index in [9.17, 15) is 4.79 Å². The van der Waals surface area contributed by atoms with Gasteiger partial charge in [-0.2, -0.15) is 5.10 Å². The highest BCUT2D eigenvalue weighted by atomic mass is 16.5. The number of ether oxygens (including phenoxy) is 1. The maximum atomic E-state index is 12.6. The van der Waals surface area contributed by atoms with Crippen LogP contribution in [0.5, 0.6) is 5.75 Å². The smallest absolute Gasteiger partial charge is 0.242 e. The van der Waals surface area contributed by atoms with Gasteiger partial charge >= 0.3 is 0 Å². The van der Waals surface area contributed by atoms with Gasteiger partial charge in [0.15, 0.2) is 0 Å². The van der Waals surface area contributed by atoms with Crippen LogP contribution in [-0.4, -0.2) is 23.7 Å². The number of benzene rings is 2. The van der Waals surface area contributed by atoms with E-state index in [0.717, 1.165) is 35.4 Å². The molecule has 0 unspecified atom stereocenters. The van der Waals surface area contributed by atoms with Crippen LogP contribution in [0.3, 0.4) is 0 Å². The molecule has 0 radical (unpaired) electrons. The maximum Gasteiger partial charge on any atom is 0.242 e. The molecule has 0 bridgehead atoms. The topological polar surface area (TPSA) is 41.9 Å². The van der Waals surface area contributed by atoms with Gasteiger partial charge in [-0.3, -0.25) is 4.79 Å². The van der Waals surface area contributed by atoms with E-state index in [2.05, 4.69) is 43.3 Å². The highest BCUT2D eigenvalue weighted by molar-refractivity contribution is 6.07. The van der Waals surface area contributed by atoms with Gasteiger partial charge in [0.05, 0.1) is 18.9 Å². The molecule has 2 atom stereocenters. The number of carbonyl (C=O) groups is 1. The first-order valence-electron chi connectivity index (χ1n) is 9.26. The standard InChI is InChI=1S/C22H24N2O2/c1-4-20(25)24-22(16-7-5-14(2)6-8-16)18-12-10-15-9-11-17(26-3)13-19(15)21(18)23-24/h5-9,11,13,18,22H,4,10,12H2,1-3H3/t18-,22-/m0/s1. The summed E-state index contributed by atoms with van der Waals surface area (Å²) < 4.78 is 5.41. The van der Waals surface area contributed by atoms with Gasteiger partial charge in [0.1, 0.15) is 5.75 Å². The molecule has 26 heavy (non-hydrogen) atoms. The van der Waals surface area contributed by atoms with Gasteiger partial charge < -0.3 is 4.74 Å². The van der Waals surface area contributed by atoms with Gasteiger partial charge in [0, 0.05) is 17.9 Å². The van der Waals surface area contributed by atoms with Gasteiger partial charge in [0.25, 0.3) is 0 Å². The average molecular weight is 348 g/mol. The SMILES string of the molecule is CCC(=O)N1N=C2c3cc(OC)ccc3CC[C@@H]2[C@@H]1c1ccc(C)cc1. The van der Waals surface area contributed by atoms with E-state index in [4.69, 9.17) is 9.84 Å². The van der Waals surface area contributed by atoms with Crippen LogP contribution in [0.25, 0.3) is 0 Å². The Morgan fingerprint density at radius 3 is 2.69 bits per heavy atom. The Labute approximate surface area is 154 Å². The zero-order chi connectivity index (χ0) is 18.3. The number of aryl methyl sites for hydroxylation is 2. The molecule has 2 aromatic carbocycles. The Balaban J connectivity index is 1.80. The monoisotopic (exact) mass is 348 g/mol. The number of nitrogens with zero attached hydrogens (tertiary/aromatic N) is 2. The van der Waals surface area contributed by atoms with Crippen LogP contribution in [0.1, 0.15) is 48.1 Å². The Kier molecular flexibility index (Phi) is 4.27. The fourth-order valence-corrected chi connectivity index (χ4v) is 4.08. The summed E-state index contributed by atoms with van der Waals surface area (Å²) in [4.78, 5) is 12.6. The summed E-state index contributed by atoms with van der Waals surface area (Å²) in [6.45, 7) is 3.98. The third-order valence-corrected chi connectivity index (χ3v) is 5.51. The van der Waals surface area contributed by atoms with E-state index in [1.165, 1.54) is 11.1 Å². The second-order valence-corrected chi connectivity index (χ2v) is 7.10. The van der Waals surface area contributed by atoms with Gasteiger partial charge in [0.2, 0.25) is 5.91 Å². The molecule has 0 saturated carbocycles. The molecule has 1 amide bonds. The average Bonchev–Trinajstić information content (AvgIpc) is 3.07. The van der Waals surface area contributed by atoms with E-state index < -0.39 is 0 Å². The number of hydrogen-bond donors (Lipinski definition) is 0. The Morgan fingerprint density at radius 1 is 1.23 bits per heavy atom. The van der Waals surface area contributed by atoms with Gasteiger partial charge in [-0.25, -0.2) is 5.01 Å². The number of fused-ring (bicyclic) bond motifs is 3. The summed E-state index contributed by atoms with van der Waals surface area (Å²) in [7, 11) is 1.68. The van der Waals surface area contributed by atoms with Gasteiger partial charge in [-0.05, 0) is 43.0 Å². The zero-order valence-electron chi connectivity index (χ0n) is 15.5. The van der Waals surface area contributed by atoms with Crippen LogP contribution in [0.15, 0.2) is 47.6 Å². The molecule has 0 N–H and O–H groups in total. The molecular formula is C22H24N2O2. The number of methoxy groups -OCH3 is 1. The first-order chi connectivity index (χ1) is 12.6. The molecule has 0 spiro atoms. The minimum Gasteiger partial charge on any atom is -0.497 e. The van der Waals surface area contributed by atoms with Crippen molar-refractivity contribution in [3.63, 3.8) is 0 Å². The Morgan fingerprint density at radius 2 is 2.00 bits per heavy atom. The van der Waals surface area contributed by atoms with Crippen LogP contribution in [0.2, 0.25) is 0 Å². The fraction of sp³-hybridized carbons (Fsp3) is 0.364. The summed E-state index contributed by atoms with van der Waals surface area (Å²) in [6.07, 6.45) is 2.46. The van der Waals surface area contributed by atoms with E-state index in [1.54, 1.807) is 12.1 Å². The van der Waals surface area contributed by atoms with Crippen LogP contribution in [0.4, 0.5) is 0 Å². The first kappa shape index (κ1) is 16.8. The van der Waals surface area contributed by atoms with Crippen molar-refractivity contribution in [3.8, 4) is 5.75 Å². The first-order valence-corrected chi connectivity index (χ1v) is 9.26. The second-order valence-electron chi connectivity index (χ2n) is 7.10. The van der Waals surface area contributed by atoms with Crippen LogP contribution < -0.4 is 4.74 Å². The molecule has 4 nitrogen and oxygen atoms in total. The van der Waals surface area contributed by atoms with Crippen molar-refractivity contribution < 1.29 is 9.53 Å². The Hall–Kier alpha value is -2.62. The Bertz CT molecular complexity index is 870. The lowest BCUT2D eigenvalue weighted by molar-refractivity contribution is -0.133. The van der Waals surface area contributed by atoms with Crippen molar-refractivity contribution in [1.82, 2.24) is 5.01 Å². The van der Waals surface area contributed by atoms with Crippen LogP contribution in [-0.2, 0) is 11.2 Å². The summed E-state index contributed by atoms with van der Waals surface area (Å²) in [6, 6.07) is 14.7. The summed E-state index contributed by atoms with van der Waals surface area (Å²) in [5.74, 6) is 1.13. The molecule has 2 aliphatic rings. The third kappa shape index (κ3) is 2.70. The lowest BCUT2D eigenvalue weighted by atomic mass is 9.77. The van der Waals surface area contributed by atoms with E-state index in [1.807, 2.05) is 13.0 Å². The lowest BCUT2D eigenvalue weighted by Crippen LogP contribution is -2.31. The molecule has 0 aromatic heterocycles. The molecule has 4 rings (SSSR count). The predicted octanol–water partition coefficient (Wildman–Crippen LogP) is 4.26. The summed E-state index contributed by atoms with van der Waals surface area (Å²) in [5.41, 5.74) is 5.82. The molecular weight excluding hydrogens is 324 g/mol. The predicted molar refractivity (Wildman–Crippen MR) is 102 cm³/mol. The van der Waals surface area contributed by atoms with Crippen molar-refractivity contribution >= 4 is 11.6 Å². The summed E-state index contributed by atoms with van der Waals surface area (Å²) in [5, 5.41) is 6.54. The summed E-state index contributed by atoms with van der Waals surface area (Å²) >= 11 is 0. The number of hydrogen-bond acceptors (Lipinski definition) is 3. The molecule has 0 fully saturated rings. The molecule has 1 aliphatic heterocycles. The van der Waals surface area contributed by atoms with Gasteiger partial charge in [-0.1, -0.05) is 42.8 Å². The molecule has 1 heterocycles. The second kappa shape index (κ2) is 6.60. The van der Waals surface area contributed by atoms with Crippen molar-refractivity contribution in [2.75, 3.05) is 7.11 Å². The number of rotatable bonds is 3. The fourth-order valence-electron chi connectivity index (χ4n) is 4.08. The molecule has 1 aliphatic carbocycles. The van der Waals surface area contributed by atoms with Crippen molar-refractivity contribution in [3.05, 3.63) is 64.7 Å². The van der Waals surface area contributed by atoms with Crippen molar-refractivity contribution in [2.45, 2.75) is 39.2 Å². The number of amides is 1. The zero-order valence-corrected chi connectivity index (χ0v) is 15.5. The van der Waals surface area contributed by atoms with Crippen molar-refractivity contribution in [1.29, 1.82) is 0 Å². The minimum atomic E-state index is -0.0163. The normalized spacial score (nSPS) is 21.0. The lowest BCUT2D eigenvalue weighted by Gasteiger charge is -2.29. The van der Waals surface area contributed by atoms with E-state index in [0.29, 0.717) is 6.42 Å². The van der Waals surface area contributed by atoms with E-state index in [-0.39, 0.29) is 17.9 Å². The highest BCUT2D eigenvalue weighted by Gasteiger charge is 2.43. The number of hydrazone groups is 1.